The van der Waals surface area contributed by atoms with Gasteiger partial charge in [0, 0.05) is 6.54 Å². The van der Waals surface area contributed by atoms with Crippen molar-refractivity contribution >= 4 is 0 Å². The average molecular weight is 171 g/mol. The highest BCUT2D eigenvalue weighted by Crippen LogP contribution is 2.19. The lowest BCUT2D eigenvalue weighted by atomic mass is 10.0. The summed E-state index contributed by atoms with van der Waals surface area (Å²) in [5.41, 5.74) is 0. The first kappa shape index (κ1) is 12.0. The third kappa shape index (κ3) is 4.10. The van der Waals surface area contributed by atoms with Crippen LogP contribution < -0.4 is 0 Å². The molecule has 0 saturated carbocycles. The molecule has 0 aliphatic carbocycles. The Morgan fingerprint density at radius 3 is 2.33 bits per heavy atom. The van der Waals surface area contributed by atoms with Crippen LogP contribution in [-0.4, -0.2) is 24.5 Å². The van der Waals surface area contributed by atoms with Crippen LogP contribution in [0.1, 0.15) is 47.0 Å². The topological polar surface area (TPSA) is 3.24 Å². The Labute approximate surface area is 78.1 Å². The lowest BCUT2D eigenvalue weighted by molar-refractivity contribution is 0.337. The van der Waals surface area contributed by atoms with E-state index in [1.54, 1.807) is 0 Å². The fourth-order valence-electron chi connectivity index (χ4n) is 1.84. The van der Waals surface area contributed by atoms with E-state index in [1.165, 1.54) is 38.9 Å². The first-order valence-electron chi connectivity index (χ1n) is 5.59. The maximum Gasteiger partial charge on any atom is 0.00100 e. The second-order valence-electron chi connectivity index (χ2n) is 3.34. The molecule has 1 saturated heterocycles. The summed E-state index contributed by atoms with van der Waals surface area (Å²) in [6.45, 7) is 12.5. The van der Waals surface area contributed by atoms with Crippen molar-refractivity contribution in [3.8, 4) is 0 Å². The summed E-state index contributed by atoms with van der Waals surface area (Å²) in [6, 6.07) is 0. The lowest BCUT2D eigenvalue weighted by Crippen LogP contribution is -2.19. The molecule has 0 amide bonds. The smallest absolute Gasteiger partial charge is 0.00100 e. The first-order chi connectivity index (χ1) is 5.86. The summed E-state index contributed by atoms with van der Waals surface area (Å²) in [4.78, 5) is 2.56. The third-order valence-electron chi connectivity index (χ3n) is 2.51. The molecule has 1 nitrogen and oxygen atoms in total. The van der Waals surface area contributed by atoms with E-state index in [4.69, 9.17) is 0 Å². The number of hydrogen-bond acceptors (Lipinski definition) is 1. The minimum atomic E-state index is 1.02. The molecular formula is C11H25N. The molecule has 0 radical (unpaired) electrons. The van der Waals surface area contributed by atoms with Gasteiger partial charge in [-0.1, -0.05) is 34.1 Å². The maximum atomic E-state index is 2.56. The van der Waals surface area contributed by atoms with Crippen molar-refractivity contribution in [1.82, 2.24) is 4.90 Å². The van der Waals surface area contributed by atoms with Gasteiger partial charge < -0.3 is 4.90 Å². The highest BCUT2D eigenvalue weighted by Gasteiger charge is 2.19. The van der Waals surface area contributed by atoms with Gasteiger partial charge in [-0.2, -0.15) is 0 Å². The second-order valence-corrected chi connectivity index (χ2v) is 3.34. The molecule has 1 atom stereocenters. The van der Waals surface area contributed by atoms with Crippen LogP contribution in [0, 0.1) is 5.92 Å². The minimum absolute atomic E-state index is 1.02. The van der Waals surface area contributed by atoms with Gasteiger partial charge in [0.1, 0.15) is 0 Å². The van der Waals surface area contributed by atoms with Crippen LogP contribution in [0.25, 0.3) is 0 Å². The maximum absolute atomic E-state index is 2.56. The summed E-state index contributed by atoms with van der Waals surface area (Å²) in [5, 5.41) is 0. The van der Waals surface area contributed by atoms with Crippen molar-refractivity contribution in [3.63, 3.8) is 0 Å². The van der Waals surface area contributed by atoms with Gasteiger partial charge in [0.25, 0.3) is 0 Å². The van der Waals surface area contributed by atoms with E-state index < -0.39 is 0 Å². The normalized spacial score (nSPS) is 23.5. The molecule has 1 heterocycles. The van der Waals surface area contributed by atoms with Gasteiger partial charge in [0.2, 0.25) is 0 Å². The summed E-state index contributed by atoms with van der Waals surface area (Å²) in [6.07, 6.45) is 4.25. The zero-order valence-electron chi connectivity index (χ0n) is 9.27. The molecule has 1 aliphatic heterocycles. The Kier molecular flexibility index (Phi) is 7.58. The van der Waals surface area contributed by atoms with Crippen molar-refractivity contribution in [1.29, 1.82) is 0 Å². The minimum Gasteiger partial charge on any atom is -0.303 e. The molecule has 0 spiro atoms. The highest BCUT2D eigenvalue weighted by atomic mass is 15.1. The zero-order valence-corrected chi connectivity index (χ0v) is 9.27. The van der Waals surface area contributed by atoms with Crippen LogP contribution in [0.5, 0.6) is 0 Å². The van der Waals surface area contributed by atoms with Crippen molar-refractivity contribution in [2.75, 3.05) is 19.6 Å². The summed E-state index contributed by atoms with van der Waals surface area (Å²) >= 11 is 0. The Bertz CT molecular complexity index is 91.0. The van der Waals surface area contributed by atoms with Gasteiger partial charge in [0.15, 0.2) is 0 Å². The lowest BCUT2D eigenvalue weighted by Gasteiger charge is -2.11. The Morgan fingerprint density at radius 1 is 1.25 bits per heavy atom. The average Bonchev–Trinajstić information content (AvgIpc) is 2.57. The van der Waals surface area contributed by atoms with Crippen LogP contribution in [0.4, 0.5) is 0 Å². The fourth-order valence-corrected chi connectivity index (χ4v) is 1.84. The number of hydrogen-bond donors (Lipinski definition) is 0. The quantitative estimate of drug-likeness (QED) is 0.630. The van der Waals surface area contributed by atoms with Crippen LogP contribution in [-0.2, 0) is 0 Å². The van der Waals surface area contributed by atoms with Crippen LogP contribution in [0.2, 0.25) is 0 Å². The van der Waals surface area contributed by atoms with Gasteiger partial charge in [0.05, 0.1) is 0 Å². The molecule has 0 N–H and O–H groups in total. The van der Waals surface area contributed by atoms with E-state index in [0.29, 0.717) is 0 Å². The standard InChI is InChI=1S/C9H19N.C2H6/c1-3-5-9-6-7-10(4-2)8-9;1-2/h9H,3-8H2,1-2H3;1-2H3/t9-;/m0./s1. The zero-order chi connectivity index (χ0) is 9.40. The third-order valence-corrected chi connectivity index (χ3v) is 2.51. The van der Waals surface area contributed by atoms with E-state index >= 15 is 0 Å². The monoisotopic (exact) mass is 171 g/mol. The molecule has 0 aromatic heterocycles. The largest absolute Gasteiger partial charge is 0.303 e. The molecule has 0 aromatic carbocycles. The van der Waals surface area contributed by atoms with E-state index in [1.807, 2.05) is 13.8 Å². The Hall–Kier alpha value is -0.0400. The molecular weight excluding hydrogens is 146 g/mol. The first-order valence-corrected chi connectivity index (χ1v) is 5.59. The van der Waals surface area contributed by atoms with Gasteiger partial charge in [-0.05, 0) is 31.8 Å². The number of nitrogens with zero attached hydrogens (tertiary/aromatic N) is 1. The van der Waals surface area contributed by atoms with Gasteiger partial charge in [-0.25, -0.2) is 0 Å². The Morgan fingerprint density at radius 2 is 1.92 bits per heavy atom. The molecule has 0 unspecified atom stereocenters. The SMILES string of the molecule is CC.CCC[C@H]1CCN(CC)C1. The van der Waals surface area contributed by atoms with Gasteiger partial charge in [-0.15, -0.1) is 0 Å². The molecule has 12 heavy (non-hydrogen) atoms. The van der Waals surface area contributed by atoms with E-state index in [-0.39, 0.29) is 0 Å². The molecule has 1 heteroatoms. The van der Waals surface area contributed by atoms with E-state index in [2.05, 4.69) is 18.7 Å². The molecule has 0 aromatic rings. The summed E-state index contributed by atoms with van der Waals surface area (Å²) < 4.78 is 0. The van der Waals surface area contributed by atoms with Crippen molar-refractivity contribution in [2.24, 2.45) is 5.92 Å². The molecule has 1 fully saturated rings. The van der Waals surface area contributed by atoms with E-state index in [0.717, 1.165) is 5.92 Å². The molecule has 1 aliphatic rings. The van der Waals surface area contributed by atoms with Crippen LogP contribution in [0.15, 0.2) is 0 Å². The summed E-state index contributed by atoms with van der Waals surface area (Å²) in [7, 11) is 0. The number of rotatable bonds is 3. The second kappa shape index (κ2) is 7.60. The van der Waals surface area contributed by atoms with E-state index in [9.17, 15) is 0 Å². The molecule has 74 valence electrons. The summed E-state index contributed by atoms with van der Waals surface area (Å²) in [5.74, 6) is 1.02. The van der Waals surface area contributed by atoms with Crippen molar-refractivity contribution < 1.29 is 0 Å². The van der Waals surface area contributed by atoms with Crippen LogP contribution >= 0.6 is 0 Å². The number of likely N-dealkylation sites (tertiary alicyclic amines) is 1. The van der Waals surface area contributed by atoms with Gasteiger partial charge in [-0.3, -0.25) is 0 Å². The molecule has 1 rings (SSSR count). The predicted molar refractivity (Wildman–Crippen MR) is 56.5 cm³/mol. The Balaban J connectivity index is 0.000000561. The van der Waals surface area contributed by atoms with Crippen molar-refractivity contribution in [3.05, 3.63) is 0 Å². The highest BCUT2D eigenvalue weighted by molar-refractivity contribution is 4.73. The van der Waals surface area contributed by atoms with Crippen LogP contribution in [0.3, 0.4) is 0 Å². The van der Waals surface area contributed by atoms with Crippen molar-refractivity contribution in [2.45, 2.75) is 47.0 Å². The fraction of sp³-hybridized carbons (Fsp3) is 1.00. The molecule has 0 bridgehead atoms. The predicted octanol–water partition coefficient (Wildman–Crippen LogP) is 3.15. The van der Waals surface area contributed by atoms with Gasteiger partial charge >= 0.3 is 0 Å².